The lowest BCUT2D eigenvalue weighted by Gasteiger charge is -2.26. The molecule has 0 saturated carbocycles. The monoisotopic (exact) mass is 346 g/mol. The van der Waals surface area contributed by atoms with Crippen LogP contribution in [0.4, 0.5) is 0 Å². The van der Waals surface area contributed by atoms with E-state index in [0.717, 1.165) is 29.3 Å². The smallest absolute Gasteiger partial charge is 0.251 e. The second kappa shape index (κ2) is 7.39. The Hall–Kier alpha value is -1.49. The lowest BCUT2D eigenvalue weighted by atomic mass is 10.0. The Balaban J connectivity index is 1.73. The van der Waals surface area contributed by atoms with Gasteiger partial charge in [0.15, 0.2) is 0 Å². The summed E-state index contributed by atoms with van der Waals surface area (Å²) in [4.78, 5) is 12.9. The van der Waals surface area contributed by atoms with Crippen LogP contribution in [0.1, 0.15) is 33.9 Å². The minimum absolute atomic E-state index is 0.0574. The number of rotatable bonds is 4. The minimum Gasteiger partial charge on any atom is -0.355 e. The second-order valence-corrected chi connectivity index (χ2v) is 7.02. The first-order chi connectivity index (χ1) is 11.2. The van der Waals surface area contributed by atoms with Gasteiger partial charge in [0.25, 0.3) is 5.91 Å². The molecule has 3 nitrogen and oxygen atoms in total. The zero-order valence-electron chi connectivity index (χ0n) is 12.9. The molecule has 0 spiro atoms. The molecule has 1 aliphatic rings. The number of amides is 1. The maximum absolute atomic E-state index is 11.7. The molecule has 0 bridgehead atoms. The van der Waals surface area contributed by atoms with Crippen LogP contribution in [0, 0.1) is 0 Å². The van der Waals surface area contributed by atoms with Crippen molar-refractivity contribution < 1.29 is 4.79 Å². The number of fused-ring (bicyclic) bond motifs is 1. The maximum Gasteiger partial charge on any atom is 0.251 e. The summed E-state index contributed by atoms with van der Waals surface area (Å²) in [7, 11) is 1.65. The highest BCUT2D eigenvalue weighted by Crippen LogP contribution is 2.40. The molecule has 1 heterocycles. The average molecular weight is 347 g/mol. The van der Waals surface area contributed by atoms with E-state index in [-0.39, 0.29) is 5.91 Å². The van der Waals surface area contributed by atoms with Crippen LogP contribution < -0.4 is 10.6 Å². The first-order valence-electron chi connectivity index (χ1n) is 7.64. The van der Waals surface area contributed by atoms with Gasteiger partial charge in [-0.25, -0.2) is 0 Å². The number of thioether (sulfide) groups is 1. The van der Waals surface area contributed by atoms with E-state index < -0.39 is 0 Å². The van der Waals surface area contributed by atoms with Gasteiger partial charge in [-0.3, -0.25) is 4.79 Å². The van der Waals surface area contributed by atoms with Crippen molar-refractivity contribution in [1.29, 1.82) is 0 Å². The Bertz CT molecular complexity index is 720. The van der Waals surface area contributed by atoms with E-state index in [2.05, 4.69) is 16.7 Å². The standard InChI is InChI=1S/C18H19ClN2OS/c1-20-18(22)13-5-2-4-12(10-13)11-21-16-8-9-23-17-14(16)6-3-7-15(17)19/h2-7,10,16,21H,8-9,11H2,1H3,(H,20,22)/t16-/m0/s1. The highest BCUT2D eigenvalue weighted by atomic mass is 35.5. The summed E-state index contributed by atoms with van der Waals surface area (Å²) < 4.78 is 0. The fourth-order valence-corrected chi connectivity index (χ4v) is 4.29. The molecule has 5 heteroatoms. The Kier molecular flexibility index (Phi) is 5.26. The van der Waals surface area contributed by atoms with Gasteiger partial charge in [0.05, 0.1) is 5.02 Å². The van der Waals surface area contributed by atoms with Crippen LogP contribution in [0.25, 0.3) is 0 Å². The molecule has 1 aliphatic heterocycles. The number of hydrogen-bond donors (Lipinski definition) is 2. The predicted octanol–water partition coefficient (Wildman–Crippen LogP) is 4.03. The third kappa shape index (κ3) is 3.71. The SMILES string of the molecule is CNC(=O)c1cccc(CN[C@H]2CCSc3c(Cl)cccc32)c1. The molecule has 1 atom stereocenters. The van der Waals surface area contributed by atoms with Gasteiger partial charge in [-0.15, -0.1) is 11.8 Å². The van der Waals surface area contributed by atoms with Gasteiger partial charge in [-0.05, 0) is 41.5 Å². The van der Waals surface area contributed by atoms with Crippen LogP contribution in [0.2, 0.25) is 5.02 Å². The van der Waals surface area contributed by atoms with E-state index in [1.54, 1.807) is 7.05 Å². The molecule has 0 unspecified atom stereocenters. The maximum atomic E-state index is 11.7. The first kappa shape index (κ1) is 16.4. The normalized spacial score (nSPS) is 16.7. The summed E-state index contributed by atoms with van der Waals surface area (Å²) >= 11 is 8.13. The Morgan fingerprint density at radius 2 is 2.13 bits per heavy atom. The average Bonchev–Trinajstić information content (AvgIpc) is 2.60. The van der Waals surface area contributed by atoms with Crippen molar-refractivity contribution in [2.24, 2.45) is 0 Å². The molecular weight excluding hydrogens is 328 g/mol. The quantitative estimate of drug-likeness (QED) is 0.878. The van der Waals surface area contributed by atoms with Crippen LogP contribution >= 0.6 is 23.4 Å². The zero-order chi connectivity index (χ0) is 16.2. The van der Waals surface area contributed by atoms with Gasteiger partial charge < -0.3 is 10.6 Å². The Morgan fingerprint density at radius 3 is 2.96 bits per heavy atom. The van der Waals surface area contributed by atoms with Gasteiger partial charge in [0.2, 0.25) is 0 Å². The molecule has 0 fully saturated rings. The van der Waals surface area contributed by atoms with E-state index in [9.17, 15) is 4.79 Å². The van der Waals surface area contributed by atoms with E-state index >= 15 is 0 Å². The third-order valence-electron chi connectivity index (χ3n) is 3.99. The molecule has 2 aromatic rings. The molecule has 0 aromatic heterocycles. The summed E-state index contributed by atoms with van der Waals surface area (Å²) in [6, 6.07) is 14.1. The fraction of sp³-hybridized carbons (Fsp3) is 0.278. The number of hydrogen-bond acceptors (Lipinski definition) is 3. The molecule has 0 radical (unpaired) electrons. The van der Waals surface area contributed by atoms with Crippen LogP contribution in [-0.4, -0.2) is 18.7 Å². The van der Waals surface area contributed by atoms with Crippen molar-refractivity contribution >= 4 is 29.3 Å². The van der Waals surface area contributed by atoms with E-state index in [0.29, 0.717) is 11.6 Å². The summed E-state index contributed by atoms with van der Waals surface area (Å²) in [5.41, 5.74) is 3.07. The van der Waals surface area contributed by atoms with Gasteiger partial charge in [0.1, 0.15) is 0 Å². The number of benzene rings is 2. The van der Waals surface area contributed by atoms with Crippen molar-refractivity contribution in [2.45, 2.75) is 23.9 Å². The second-order valence-electron chi connectivity index (χ2n) is 5.51. The number of carbonyl (C=O) groups is 1. The molecule has 0 saturated heterocycles. The predicted molar refractivity (Wildman–Crippen MR) is 96.2 cm³/mol. The Labute approximate surface area is 145 Å². The topological polar surface area (TPSA) is 41.1 Å². The van der Waals surface area contributed by atoms with E-state index in [1.165, 1.54) is 10.5 Å². The van der Waals surface area contributed by atoms with E-state index in [4.69, 9.17) is 11.6 Å². The van der Waals surface area contributed by atoms with Crippen LogP contribution in [-0.2, 0) is 6.54 Å². The first-order valence-corrected chi connectivity index (χ1v) is 9.01. The summed E-state index contributed by atoms with van der Waals surface area (Å²) in [6.07, 6.45) is 1.08. The van der Waals surface area contributed by atoms with Crippen LogP contribution in [0.15, 0.2) is 47.4 Å². The lowest BCUT2D eigenvalue weighted by molar-refractivity contribution is 0.0963. The summed E-state index contributed by atoms with van der Waals surface area (Å²) in [5, 5.41) is 7.09. The van der Waals surface area contributed by atoms with Crippen molar-refractivity contribution in [3.05, 3.63) is 64.2 Å². The molecule has 2 aromatic carbocycles. The molecule has 1 amide bonds. The van der Waals surface area contributed by atoms with Crippen molar-refractivity contribution in [1.82, 2.24) is 10.6 Å². The van der Waals surface area contributed by atoms with Gasteiger partial charge >= 0.3 is 0 Å². The van der Waals surface area contributed by atoms with Crippen LogP contribution in [0.5, 0.6) is 0 Å². The van der Waals surface area contributed by atoms with Crippen LogP contribution in [0.3, 0.4) is 0 Å². The van der Waals surface area contributed by atoms with Gasteiger partial charge in [-0.2, -0.15) is 0 Å². The molecule has 0 aliphatic carbocycles. The Morgan fingerprint density at radius 1 is 1.30 bits per heavy atom. The third-order valence-corrected chi connectivity index (χ3v) is 5.61. The lowest BCUT2D eigenvalue weighted by Crippen LogP contribution is -2.24. The van der Waals surface area contributed by atoms with E-state index in [1.807, 2.05) is 48.2 Å². The number of carbonyl (C=O) groups excluding carboxylic acids is 1. The largest absolute Gasteiger partial charge is 0.355 e. The van der Waals surface area contributed by atoms with Crippen molar-refractivity contribution in [3.63, 3.8) is 0 Å². The molecular formula is C18H19ClN2OS. The summed E-state index contributed by atoms with van der Waals surface area (Å²) in [6.45, 7) is 0.728. The minimum atomic E-state index is -0.0574. The van der Waals surface area contributed by atoms with Crippen molar-refractivity contribution in [3.8, 4) is 0 Å². The molecule has 23 heavy (non-hydrogen) atoms. The number of nitrogens with one attached hydrogen (secondary N) is 2. The highest BCUT2D eigenvalue weighted by molar-refractivity contribution is 7.99. The molecule has 2 N–H and O–H groups in total. The van der Waals surface area contributed by atoms with Gasteiger partial charge in [-0.1, -0.05) is 35.9 Å². The zero-order valence-corrected chi connectivity index (χ0v) is 14.5. The molecule has 120 valence electrons. The summed E-state index contributed by atoms with van der Waals surface area (Å²) in [5.74, 6) is 1.00. The highest BCUT2D eigenvalue weighted by Gasteiger charge is 2.21. The van der Waals surface area contributed by atoms with Gasteiger partial charge in [0, 0.05) is 30.1 Å². The fourth-order valence-electron chi connectivity index (χ4n) is 2.81. The molecule has 3 rings (SSSR count). The van der Waals surface area contributed by atoms with Crippen molar-refractivity contribution in [2.75, 3.05) is 12.8 Å². The number of halogens is 1.